The highest BCUT2D eigenvalue weighted by Crippen LogP contribution is 2.55. The molecular formula is C16H14O4. The van der Waals surface area contributed by atoms with Gasteiger partial charge in [0.05, 0.1) is 18.9 Å². The lowest BCUT2D eigenvalue weighted by molar-refractivity contribution is -0.137. The summed E-state index contributed by atoms with van der Waals surface area (Å²) in [5, 5.41) is 11.2. The number of aryl methyl sites for hydroxylation is 1. The van der Waals surface area contributed by atoms with Gasteiger partial charge in [-0.2, -0.15) is 0 Å². The number of hydrogen-bond acceptors (Lipinski definition) is 3. The SMILES string of the molecule is Cc1c2ccoc2c(C2(CC(=O)O)CC2)c2ccoc12. The van der Waals surface area contributed by atoms with Gasteiger partial charge in [-0.15, -0.1) is 0 Å². The van der Waals surface area contributed by atoms with Gasteiger partial charge in [0.1, 0.15) is 11.2 Å². The molecular weight excluding hydrogens is 256 g/mol. The van der Waals surface area contributed by atoms with Gasteiger partial charge < -0.3 is 13.9 Å². The van der Waals surface area contributed by atoms with E-state index in [1.54, 1.807) is 12.5 Å². The van der Waals surface area contributed by atoms with E-state index >= 15 is 0 Å². The Morgan fingerprint density at radius 3 is 2.50 bits per heavy atom. The maximum atomic E-state index is 11.2. The second-order valence-electron chi connectivity index (χ2n) is 5.68. The fraction of sp³-hybridized carbons (Fsp3) is 0.312. The van der Waals surface area contributed by atoms with E-state index in [0.29, 0.717) is 0 Å². The molecule has 0 unspecified atom stereocenters. The molecule has 102 valence electrons. The molecule has 1 aromatic carbocycles. The lowest BCUT2D eigenvalue weighted by atomic mass is 9.87. The third-order valence-corrected chi connectivity index (χ3v) is 4.44. The van der Waals surface area contributed by atoms with Crippen LogP contribution in [0.3, 0.4) is 0 Å². The van der Waals surface area contributed by atoms with Crippen molar-refractivity contribution in [1.82, 2.24) is 0 Å². The molecule has 1 saturated carbocycles. The van der Waals surface area contributed by atoms with Crippen LogP contribution in [0.2, 0.25) is 0 Å². The molecule has 0 radical (unpaired) electrons. The Morgan fingerprint density at radius 1 is 1.20 bits per heavy atom. The third kappa shape index (κ3) is 1.39. The van der Waals surface area contributed by atoms with Crippen LogP contribution in [0.15, 0.2) is 33.5 Å². The molecule has 0 bridgehead atoms. The van der Waals surface area contributed by atoms with Crippen LogP contribution < -0.4 is 0 Å². The Labute approximate surface area is 115 Å². The summed E-state index contributed by atoms with van der Waals surface area (Å²) < 4.78 is 11.3. The minimum atomic E-state index is -0.764. The van der Waals surface area contributed by atoms with Gasteiger partial charge in [-0.1, -0.05) is 0 Å². The lowest BCUT2D eigenvalue weighted by Gasteiger charge is -2.15. The van der Waals surface area contributed by atoms with Crippen molar-refractivity contribution in [2.24, 2.45) is 0 Å². The van der Waals surface area contributed by atoms with Crippen LogP contribution in [0.1, 0.15) is 30.4 Å². The average Bonchev–Trinajstić information content (AvgIpc) is 2.85. The number of rotatable bonds is 3. The van der Waals surface area contributed by atoms with Gasteiger partial charge >= 0.3 is 5.97 Å². The van der Waals surface area contributed by atoms with E-state index in [2.05, 4.69) is 0 Å². The maximum Gasteiger partial charge on any atom is 0.304 e. The Balaban J connectivity index is 2.10. The fourth-order valence-corrected chi connectivity index (χ4v) is 3.32. The summed E-state index contributed by atoms with van der Waals surface area (Å²) >= 11 is 0. The van der Waals surface area contributed by atoms with Gasteiger partial charge in [0.25, 0.3) is 0 Å². The zero-order chi connectivity index (χ0) is 13.9. The van der Waals surface area contributed by atoms with E-state index in [1.807, 2.05) is 19.1 Å². The molecule has 0 amide bonds. The smallest absolute Gasteiger partial charge is 0.304 e. The van der Waals surface area contributed by atoms with Crippen molar-refractivity contribution in [3.8, 4) is 0 Å². The van der Waals surface area contributed by atoms with Gasteiger partial charge in [0.2, 0.25) is 0 Å². The Kier molecular flexibility index (Phi) is 2.12. The van der Waals surface area contributed by atoms with Gasteiger partial charge in [0, 0.05) is 27.3 Å². The number of carbonyl (C=O) groups is 1. The number of furan rings is 2. The molecule has 2 aromatic heterocycles. The largest absolute Gasteiger partial charge is 0.481 e. The van der Waals surface area contributed by atoms with Crippen molar-refractivity contribution >= 4 is 27.9 Å². The molecule has 0 aliphatic heterocycles. The van der Waals surface area contributed by atoms with E-state index in [9.17, 15) is 9.90 Å². The molecule has 0 atom stereocenters. The summed E-state index contributed by atoms with van der Waals surface area (Å²) in [6, 6.07) is 3.84. The Hall–Kier alpha value is -2.23. The fourth-order valence-electron chi connectivity index (χ4n) is 3.32. The van der Waals surface area contributed by atoms with Crippen LogP contribution in [0.5, 0.6) is 0 Å². The number of fused-ring (bicyclic) bond motifs is 2. The highest BCUT2D eigenvalue weighted by atomic mass is 16.4. The van der Waals surface area contributed by atoms with E-state index in [4.69, 9.17) is 8.83 Å². The molecule has 4 nitrogen and oxygen atoms in total. The average molecular weight is 270 g/mol. The van der Waals surface area contributed by atoms with E-state index in [1.165, 1.54) is 0 Å². The summed E-state index contributed by atoms with van der Waals surface area (Å²) in [6.45, 7) is 2.00. The monoisotopic (exact) mass is 270 g/mol. The molecule has 1 fully saturated rings. The zero-order valence-electron chi connectivity index (χ0n) is 11.1. The topological polar surface area (TPSA) is 63.6 Å². The zero-order valence-corrected chi connectivity index (χ0v) is 11.1. The van der Waals surface area contributed by atoms with Crippen LogP contribution in [0, 0.1) is 6.92 Å². The summed E-state index contributed by atoms with van der Waals surface area (Å²) in [5.41, 5.74) is 3.41. The van der Waals surface area contributed by atoms with Crippen molar-refractivity contribution in [1.29, 1.82) is 0 Å². The van der Waals surface area contributed by atoms with Crippen LogP contribution >= 0.6 is 0 Å². The van der Waals surface area contributed by atoms with Crippen molar-refractivity contribution in [3.05, 3.63) is 35.8 Å². The Morgan fingerprint density at radius 2 is 1.85 bits per heavy atom. The van der Waals surface area contributed by atoms with Crippen molar-refractivity contribution in [3.63, 3.8) is 0 Å². The normalized spacial score (nSPS) is 16.9. The van der Waals surface area contributed by atoms with Gasteiger partial charge in [-0.25, -0.2) is 0 Å². The summed E-state index contributed by atoms with van der Waals surface area (Å²) in [7, 11) is 0. The molecule has 20 heavy (non-hydrogen) atoms. The van der Waals surface area contributed by atoms with Crippen LogP contribution in [-0.2, 0) is 10.2 Å². The molecule has 0 spiro atoms. The van der Waals surface area contributed by atoms with Crippen LogP contribution in [0.4, 0.5) is 0 Å². The molecule has 4 rings (SSSR count). The van der Waals surface area contributed by atoms with Crippen molar-refractivity contribution in [2.75, 3.05) is 0 Å². The summed E-state index contributed by atoms with van der Waals surface area (Å²) in [5.74, 6) is -0.764. The van der Waals surface area contributed by atoms with Crippen LogP contribution in [-0.4, -0.2) is 11.1 Å². The number of aliphatic carboxylic acids is 1. The van der Waals surface area contributed by atoms with Crippen molar-refractivity contribution in [2.45, 2.75) is 31.6 Å². The van der Waals surface area contributed by atoms with E-state index in [0.717, 1.165) is 45.9 Å². The number of carboxylic acid groups (broad SMARTS) is 1. The third-order valence-electron chi connectivity index (χ3n) is 4.44. The predicted octanol–water partition coefficient (Wildman–Crippen LogP) is 3.99. The standard InChI is InChI=1S/C16H14O4/c1-9-10-2-6-20-15(10)13(11-3-7-19-14(9)11)16(4-5-16)8-12(17)18/h2-3,6-7H,4-5,8H2,1H3,(H,17,18). The second kappa shape index (κ2) is 3.66. The maximum absolute atomic E-state index is 11.2. The minimum absolute atomic E-state index is 0.145. The minimum Gasteiger partial charge on any atom is -0.481 e. The molecule has 1 aliphatic carbocycles. The first-order valence-corrected chi connectivity index (χ1v) is 6.72. The molecule has 2 heterocycles. The van der Waals surface area contributed by atoms with Crippen molar-refractivity contribution < 1.29 is 18.7 Å². The number of benzene rings is 1. The number of carboxylic acids is 1. The van der Waals surface area contributed by atoms with E-state index in [-0.39, 0.29) is 11.8 Å². The molecule has 0 saturated heterocycles. The van der Waals surface area contributed by atoms with Gasteiger partial charge in [-0.05, 0) is 31.9 Å². The molecule has 1 aliphatic rings. The molecule has 4 heteroatoms. The Bertz CT molecular complexity index is 781. The first kappa shape index (κ1) is 11.6. The lowest BCUT2D eigenvalue weighted by Crippen LogP contribution is -2.13. The number of hydrogen-bond donors (Lipinski definition) is 1. The summed E-state index contributed by atoms with van der Waals surface area (Å²) in [6.07, 6.45) is 5.25. The predicted molar refractivity (Wildman–Crippen MR) is 73.9 cm³/mol. The summed E-state index contributed by atoms with van der Waals surface area (Å²) in [4.78, 5) is 11.2. The second-order valence-corrected chi connectivity index (χ2v) is 5.68. The highest BCUT2D eigenvalue weighted by molar-refractivity contribution is 6.02. The quantitative estimate of drug-likeness (QED) is 0.781. The molecule has 1 N–H and O–H groups in total. The first-order valence-electron chi connectivity index (χ1n) is 6.72. The van der Waals surface area contributed by atoms with Crippen LogP contribution in [0.25, 0.3) is 21.9 Å². The highest BCUT2D eigenvalue weighted by Gasteiger charge is 2.49. The van der Waals surface area contributed by atoms with Gasteiger partial charge in [0.15, 0.2) is 0 Å². The van der Waals surface area contributed by atoms with E-state index < -0.39 is 5.97 Å². The van der Waals surface area contributed by atoms with Gasteiger partial charge in [-0.3, -0.25) is 4.79 Å². The molecule has 3 aromatic rings. The first-order chi connectivity index (χ1) is 9.62.